The van der Waals surface area contributed by atoms with E-state index in [-0.39, 0.29) is 17.5 Å². The van der Waals surface area contributed by atoms with Crippen LogP contribution in [-0.2, 0) is 34.4 Å². The summed E-state index contributed by atoms with van der Waals surface area (Å²) < 4.78 is 49.4. The molecule has 1 heterocycles. The van der Waals surface area contributed by atoms with Crippen molar-refractivity contribution >= 4 is 10.0 Å². The number of benzene rings is 4. The summed E-state index contributed by atoms with van der Waals surface area (Å²) in [5, 5.41) is 0. The molecular formula is C36H39NO5S. The summed E-state index contributed by atoms with van der Waals surface area (Å²) in [7, 11) is -2.32. The van der Waals surface area contributed by atoms with Crippen molar-refractivity contribution in [2.45, 2.75) is 56.9 Å². The Balaban J connectivity index is 1.65. The SMILES string of the molecule is C=CC[C@H]1Cc2cc(C)c(OC)c(OCc3ccccc3)c2[C@H](COCc2ccccc2)N1S(=O)(=O)c1ccc(C)cc1. The summed E-state index contributed by atoms with van der Waals surface area (Å²) >= 11 is 0. The second kappa shape index (κ2) is 13.6. The van der Waals surface area contributed by atoms with Crippen molar-refractivity contribution in [1.29, 1.82) is 0 Å². The number of aryl methyl sites for hydroxylation is 2. The maximum absolute atomic E-state index is 14.5. The van der Waals surface area contributed by atoms with Crippen molar-refractivity contribution < 1.29 is 22.6 Å². The molecule has 4 aromatic carbocycles. The van der Waals surface area contributed by atoms with Gasteiger partial charge in [0.15, 0.2) is 11.5 Å². The lowest BCUT2D eigenvalue weighted by atomic mass is 9.86. The molecule has 0 radical (unpaired) electrons. The highest BCUT2D eigenvalue weighted by molar-refractivity contribution is 7.89. The van der Waals surface area contributed by atoms with E-state index in [0.29, 0.717) is 37.6 Å². The highest BCUT2D eigenvalue weighted by atomic mass is 32.2. The van der Waals surface area contributed by atoms with Crippen LogP contribution in [0.2, 0.25) is 0 Å². The molecule has 0 unspecified atom stereocenters. The minimum atomic E-state index is -3.94. The van der Waals surface area contributed by atoms with E-state index in [1.807, 2.05) is 86.6 Å². The number of ether oxygens (including phenoxy) is 3. The molecule has 2 atom stereocenters. The van der Waals surface area contributed by atoms with E-state index < -0.39 is 16.1 Å². The average Bonchev–Trinajstić information content (AvgIpc) is 3.01. The molecule has 5 rings (SSSR count). The number of methoxy groups -OCH3 is 1. The molecule has 0 bridgehead atoms. The molecule has 0 amide bonds. The maximum atomic E-state index is 14.5. The highest BCUT2D eigenvalue weighted by Crippen LogP contribution is 2.48. The van der Waals surface area contributed by atoms with Crippen LogP contribution in [0, 0.1) is 13.8 Å². The van der Waals surface area contributed by atoms with Crippen LogP contribution in [0.5, 0.6) is 11.5 Å². The first kappa shape index (κ1) is 30.5. The molecule has 0 aromatic heterocycles. The molecule has 43 heavy (non-hydrogen) atoms. The normalized spacial score (nSPS) is 16.8. The Hall–Kier alpha value is -3.91. The summed E-state index contributed by atoms with van der Waals surface area (Å²) in [5.74, 6) is 1.15. The lowest BCUT2D eigenvalue weighted by Crippen LogP contribution is -2.48. The van der Waals surface area contributed by atoms with E-state index in [1.165, 1.54) is 0 Å². The van der Waals surface area contributed by atoms with Crippen LogP contribution in [0.4, 0.5) is 0 Å². The smallest absolute Gasteiger partial charge is 0.243 e. The van der Waals surface area contributed by atoms with Crippen LogP contribution >= 0.6 is 0 Å². The number of hydrogen-bond acceptors (Lipinski definition) is 5. The Bertz CT molecular complexity index is 1640. The summed E-state index contributed by atoms with van der Waals surface area (Å²) in [4.78, 5) is 0.245. The summed E-state index contributed by atoms with van der Waals surface area (Å²) in [6.45, 7) is 8.70. The molecule has 1 aliphatic rings. The van der Waals surface area contributed by atoms with Crippen molar-refractivity contribution in [3.05, 3.63) is 137 Å². The van der Waals surface area contributed by atoms with Gasteiger partial charge in [-0.3, -0.25) is 0 Å². The zero-order valence-corrected chi connectivity index (χ0v) is 25.8. The lowest BCUT2D eigenvalue weighted by molar-refractivity contribution is 0.0595. The number of hydrogen-bond donors (Lipinski definition) is 0. The van der Waals surface area contributed by atoms with Gasteiger partial charge in [0.2, 0.25) is 10.0 Å². The van der Waals surface area contributed by atoms with E-state index in [2.05, 4.69) is 12.6 Å². The Morgan fingerprint density at radius 2 is 1.51 bits per heavy atom. The van der Waals surface area contributed by atoms with Gasteiger partial charge in [-0.15, -0.1) is 6.58 Å². The quantitative estimate of drug-likeness (QED) is 0.160. The van der Waals surface area contributed by atoms with Crippen molar-refractivity contribution in [1.82, 2.24) is 4.31 Å². The van der Waals surface area contributed by atoms with Crippen molar-refractivity contribution in [3.8, 4) is 11.5 Å². The van der Waals surface area contributed by atoms with Gasteiger partial charge in [0.1, 0.15) is 6.61 Å². The first-order valence-electron chi connectivity index (χ1n) is 14.5. The second-order valence-electron chi connectivity index (χ2n) is 10.9. The van der Waals surface area contributed by atoms with Crippen molar-refractivity contribution in [3.63, 3.8) is 0 Å². The third-order valence-electron chi connectivity index (χ3n) is 7.85. The molecule has 0 spiro atoms. The van der Waals surface area contributed by atoms with Gasteiger partial charge >= 0.3 is 0 Å². The first-order chi connectivity index (χ1) is 20.8. The monoisotopic (exact) mass is 597 g/mol. The van der Waals surface area contributed by atoms with Gasteiger partial charge in [0.05, 0.1) is 31.3 Å². The minimum absolute atomic E-state index is 0.133. The number of sulfonamides is 1. The first-order valence-corrected chi connectivity index (χ1v) is 16.0. The van der Waals surface area contributed by atoms with Crippen molar-refractivity contribution in [2.75, 3.05) is 13.7 Å². The molecule has 224 valence electrons. The van der Waals surface area contributed by atoms with Gasteiger partial charge in [-0.25, -0.2) is 8.42 Å². The van der Waals surface area contributed by atoms with E-state index >= 15 is 0 Å². The third-order valence-corrected chi connectivity index (χ3v) is 9.83. The molecule has 6 nitrogen and oxygen atoms in total. The fourth-order valence-corrected chi connectivity index (χ4v) is 7.61. The Morgan fingerprint density at radius 1 is 0.884 bits per heavy atom. The van der Waals surface area contributed by atoms with Crippen LogP contribution in [0.3, 0.4) is 0 Å². The van der Waals surface area contributed by atoms with Crippen LogP contribution in [-0.4, -0.2) is 32.5 Å². The van der Waals surface area contributed by atoms with Crippen LogP contribution in [0.15, 0.2) is 109 Å². The van der Waals surface area contributed by atoms with E-state index in [1.54, 1.807) is 29.6 Å². The van der Waals surface area contributed by atoms with E-state index in [4.69, 9.17) is 14.2 Å². The molecule has 1 aliphatic heterocycles. The van der Waals surface area contributed by atoms with E-state index in [9.17, 15) is 8.42 Å². The van der Waals surface area contributed by atoms with E-state index in [0.717, 1.165) is 33.4 Å². The predicted octanol–water partition coefficient (Wildman–Crippen LogP) is 7.34. The molecule has 0 aliphatic carbocycles. The number of fused-ring (bicyclic) bond motifs is 1. The van der Waals surface area contributed by atoms with Crippen molar-refractivity contribution in [2.24, 2.45) is 0 Å². The van der Waals surface area contributed by atoms with Gasteiger partial charge in [-0.05, 0) is 61.1 Å². The summed E-state index contributed by atoms with van der Waals surface area (Å²) in [6.07, 6.45) is 2.79. The fraction of sp³-hybridized carbons (Fsp3) is 0.278. The molecule has 0 saturated heterocycles. The predicted molar refractivity (Wildman–Crippen MR) is 170 cm³/mol. The number of rotatable bonds is 12. The maximum Gasteiger partial charge on any atom is 0.243 e. The van der Waals surface area contributed by atoms with Gasteiger partial charge in [0, 0.05) is 11.6 Å². The Morgan fingerprint density at radius 3 is 2.12 bits per heavy atom. The molecule has 4 aromatic rings. The van der Waals surface area contributed by atoms with Gasteiger partial charge in [-0.1, -0.05) is 90.5 Å². The standard InChI is InChI=1S/C36H39NO5S/c1-5-12-31-22-30-21-27(3)35(40-4)36(42-24-29-15-10-7-11-16-29)34(30)33(25-41-23-28-13-8-6-9-14-28)37(31)43(38,39)32-19-17-26(2)18-20-32/h5-11,13-21,31,33H,1,12,22-25H2,2-4H3/t31-,33-/m0/s1. The topological polar surface area (TPSA) is 65.1 Å². The second-order valence-corrected chi connectivity index (χ2v) is 12.8. The van der Waals surface area contributed by atoms with Gasteiger partial charge in [-0.2, -0.15) is 4.31 Å². The van der Waals surface area contributed by atoms with Crippen LogP contribution < -0.4 is 9.47 Å². The zero-order chi connectivity index (χ0) is 30.4. The third kappa shape index (κ3) is 6.69. The summed E-state index contributed by atoms with van der Waals surface area (Å²) in [5.41, 5.74) is 5.74. The van der Waals surface area contributed by atoms with Crippen LogP contribution in [0.1, 0.15) is 45.8 Å². The highest BCUT2D eigenvalue weighted by Gasteiger charge is 2.44. The minimum Gasteiger partial charge on any atom is -0.493 e. The van der Waals surface area contributed by atoms with Gasteiger partial charge < -0.3 is 14.2 Å². The lowest BCUT2D eigenvalue weighted by Gasteiger charge is -2.43. The Labute approximate surface area is 255 Å². The largest absolute Gasteiger partial charge is 0.493 e. The molecule has 7 heteroatoms. The molecule has 0 fully saturated rings. The Kier molecular flexibility index (Phi) is 9.65. The summed E-state index contributed by atoms with van der Waals surface area (Å²) in [6, 6.07) is 27.9. The average molecular weight is 598 g/mol. The zero-order valence-electron chi connectivity index (χ0n) is 25.0. The molecule has 0 saturated carbocycles. The molecule has 0 N–H and O–H groups in total. The fourth-order valence-electron chi connectivity index (χ4n) is 5.83. The van der Waals surface area contributed by atoms with Gasteiger partial charge in [0.25, 0.3) is 0 Å². The van der Waals surface area contributed by atoms with Crippen LogP contribution in [0.25, 0.3) is 0 Å². The number of nitrogens with zero attached hydrogens (tertiary/aromatic N) is 1. The molecular weight excluding hydrogens is 558 g/mol.